The molecule has 0 saturated carbocycles. The maximum absolute atomic E-state index is 13.1. The van der Waals surface area contributed by atoms with Crippen LogP contribution in [0.2, 0.25) is 5.02 Å². The van der Waals surface area contributed by atoms with E-state index >= 15 is 0 Å². The summed E-state index contributed by atoms with van der Waals surface area (Å²) in [6.45, 7) is 0.452. The van der Waals surface area contributed by atoms with Gasteiger partial charge in [0.25, 0.3) is 0 Å². The molecule has 0 aliphatic rings. The predicted octanol–water partition coefficient (Wildman–Crippen LogP) is 2.04. The van der Waals surface area contributed by atoms with Gasteiger partial charge in [0.15, 0.2) is 0 Å². The van der Waals surface area contributed by atoms with Gasteiger partial charge in [-0.15, -0.1) is 0 Å². The van der Waals surface area contributed by atoms with Gasteiger partial charge < -0.3 is 10.6 Å². The summed E-state index contributed by atoms with van der Waals surface area (Å²) in [7, 11) is 3.81. The molecule has 4 heteroatoms. The summed E-state index contributed by atoms with van der Waals surface area (Å²) in [5.74, 6) is -0.399. The Kier molecular flexibility index (Phi) is 3.86. The second-order valence-corrected chi connectivity index (χ2v) is 3.80. The van der Waals surface area contributed by atoms with Crippen LogP contribution >= 0.6 is 11.6 Å². The monoisotopic (exact) mass is 216 g/mol. The number of likely N-dealkylation sites (N-methyl/N-ethyl adjacent to an activating group) is 1. The highest BCUT2D eigenvalue weighted by Gasteiger charge is 2.13. The minimum absolute atomic E-state index is 0.0294. The molecule has 1 rings (SSSR count). The van der Waals surface area contributed by atoms with Crippen LogP contribution in [0, 0.1) is 5.82 Å². The molecular formula is C10H14ClFN2. The fourth-order valence-corrected chi connectivity index (χ4v) is 1.48. The normalized spacial score (nSPS) is 13.3. The zero-order chi connectivity index (χ0) is 10.7. The number of benzene rings is 1. The van der Waals surface area contributed by atoms with E-state index in [9.17, 15) is 4.39 Å². The Bertz CT molecular complexity index is 315. The van der Waals surface area contributed by atoms with E-state index in [2.05, 4.69) is 0 Å². The van der Waals surface area contributed by atoms with E-state index in [0.29, 0.717) is 6.54 Å². The van der Waals surface area contributed by atoms with Gasteiger partial charge in [-0.25, -0.2) is 4.39 Å². The average molecular weight is 217 g/mol. The lowest BCUT2D eigenvalue weighted by atomic mass is 10.1. The lowest BCUT2D eigenvalue weighted by Crippen LogP contribution is -2.27. The number of nitrogens with zero attached hydrogens (tertiary/aromatic N) is 1. The van der Waals surface area contributed by atoms with Gasteiger partial charge in [0.05, 0.1) is 5.02 Å². The third-order valence-corrected chi connectivity index (χ3v) is 2.48. The first kappa shape index (κ1) is 11.4. The lowest BCUT2D eigenvalue weighted by molar-refractivity contribution is 0.305. The molecule has 2 nitrogen and oxygen atoms in total. The van der Waals surface area contributed by atoms with E-state index in [1.165, 1.54) is 6.07 Å². The summed E-state index contributed by atoms with van der Waals surface area (Å²) in [5.41, 5.74) is 6.44. The van der Waals surface area contributed by atoms with Gasteiger partial charge in [-0.05, 0) is 31.8 Å². The summed E-state index contributed by atoms with van der Waals surface area (Å²) >= 11 is 5.59. The Morgan fingerprint density at radius 1 is 1.50 bits per heavy atom. The van der Waals surface area contributed by atoms with Gasteiger partial charge in [0, 0.05) is 12.6 Å². The van der Waals surface area contributed by atoms with Crippen LogP contribution in [0.5, 0.6) is 0 Å². The maximum atomic E-state index is 13.1. The number of hydrogen-bond acceptors (Lipinski definition) is 2. The molecule has 0 spiro atoms. The van der Waals surface area contributed by atoms with Crippen LogP contribution < -0.4 is 5.73 Å². The van der Waals surface area contributed by atoms with Crippen molar-refractivity contribution >= 4 is 11.6 Å². The van der Waals surface area contributed by atoms with Crippen molar-refractivity contribution in [2.45, 2.75) is 6.04 Å². The Hall–Kier alpha value is -0.640. The molecule has 0 radical (unpaired) electrons. The topological polar surface area (TPSA) is 29.3 Å². The van der Waals surface area contributed by atoms with Crippen LogP contribution in [0.4, 0.5) is 4.39 Å². The SMILES string of the molecule is CN(C)[C@H](CN)c1ccc(Cl)c(F)c1. The molecular weight excluding hydrogens is 203 g/mol. The third-order valence-electron chi connectivity index (χ3n) is 2.18. The third kappa shape index (κ3) is 2.44. The number of rotatable bonds is 3. The largest absolute Gasteiger partial charge is 0.329 e. The second kappa shape index (κ2) is 4.73. The minimum atomic E-state index is -0.399. The molecule has 0 heterocycles. The highest BCUT2D eigenvalue weighted by molar-refractivity contribution is 6.30. The standard InChI is InChI=1S/C10H14ClFN2/c1-14(2)10(6-13)7-3-4-8(11)9(12)5-7/h3-5,10H,6,13H2,1-2H3/t10-/m1/s1. The van der Waals surface area contributed by atoms with E-state index < -0.39 is 5.82 Å². The van der Waals surface area contributed by atoms with E-state index in [0.717, 1.165) is 5.56 Å². The van der Waals surface area contributed by atoms with Crippen molar-refractivity contribution in [2.24, 2.45) is 5.73 Å². The number of halogens is 2. The van der Waals surface area contributed by atoms with E-state index in [4.69, 9.17) is 17.3 Å². The molecule has 78 valence electrons. The Labute approximate surface area is 88.5 Å². The van der Waals surface area contributed by atoms with Crippen LogP contribution in [0.3, 0.4) is 0 Å². The Balaban J connectivity index is 3.00. The van der Waals surface area contributed by atoms with Crippen LogP contribution in [0.1, 0.15) is 11.6 Å². The second-order valence-electron chi connectivity index (χ2n) is 3.39. The minimum Gasteiger partial charge on any atom is -0.329 e. The quantitative estimate of drug-likeness (QED) is 0.838. The molecule has 1 aromatic carbocycles. The van der Waals surface area contributed by atoms with Crippen molar-refractivity contribution in [3.05, 3.63) is 34.6 Å². The molecule has 0 amide bonds. The van der Waals surface area contributed by atoms with Crippen molar-refractivity contribution in [1.82, 2.24) is 4.90 Å². The zero-order valence-corrected chi connectivity index (χ0v) is 9.05. The molecule has 0 aromatic heterocycles. The first-order chi connectivity index (χ1) is 6.56. The first-order valence-electron chi connectivity index (χ1n) is 4.37. The summed E-state index contributed by atoms with van der Waals surface area (Å²) < 4.78 is 13.1. The van der Waals surface area contributed by atoms with Crippen molar-refractivity contribution in [3.63, 3.8) is 0 Å². The number of nitrogens with two attached hydrogens (primary N) is 1. The van der Waals surface area contributed by atoms with Gasteiger partial charge >= 0.3 is 0 Å². The molecule has 0 aliphatic heterocycles. The van der Waals surface area contributed by atoms with Gasteiger partial charge in [-0.3, -0.25) is 0 Å². The molecule has 14 heavy (non-hydrogen) atoms. The number of hydrogen-bond donors (Lipinski definition) is 1. The highest BCUT2D eigenvalue weighted by Crippen LogP contribution is 2.22. The lowest BCUT2D eigenvalue weighted by Gasteiger charge is -2.23. The van der Waals surface area contributed by atoms with Crippen LogP contribution in [-0.2, 0) is 0 Å². The summed E-state index contributed by atoms with van der Waals surface area (Å²) in [5, 5.41) is 0.142. The fourth-order valence-electron chi connectivity index (χ4n) is 1.36. The molecule has 2 N–H and O–H groups in total. The van der Waals surface area contributed by atoms with E-state index in [1.54, 1.807) is 12.1 Å². The van der Waals surface area contributed by atoms with Crippen LogP contribution in [0.25, 0.3) is 0 Å². The molecule has 0 saturated heterocycles. The summed E-state index contributed by atoms with van der Waals surface area (Å²) in [6.07, 6.45) is 0. The molecule has 0 unspecified atom stereocenters. The van der Waals surface area contributed by atoms with Crippen molar-refractivity contribution in [2.75, 3.05) is 20.6 Å². The predicted molar refractivity (Wildman–Crippen MR) is 56.9 cm³/mol. The Morgan fingerprint density at radius 2 is 2.14 bits per heavy atom. The van der Waals surface area contributed by atoms with Gasteiger partial charge in [0.2, 0.25) is 0 Å². The molecule has 1 atom stereocenters. The van der Waals surface area contributed by atoms with Crippen molar-refractivity contribution < 1.29 is 4.39 Å². The molecule has 0 fully saturated rings. The van der Waals surface area contributed by atoms with Gasteiger partial charge in [-0.1, -0.05) is 17.7 Å². The van der Waals surface area contributed by atoms with Crippen LogP contribution in [0.15, 0.2) is 18.2 Å². The molecule has 0 aliphatic carbocycles. The van der Waals surface area contributed by atoms with Crippen molar-refractivity contribution in [1.29, 1.82) is 0 Å². The fraction of sp³-hybridized carbons (Fsp3) is 0.400. The zero-order valence-electron chi connectivity index (χ0n) is 8.30. The van der Waals surface area contributed by atoms with E-state index in [-0.39, 0.29) is 11.1 Å². The van der Waals surface area contributed by atoms with E-state index in [1.807, 2.05) is 19.0 Å². The van der Waals surface area contributed by atoms with Gasteiger partial charge in [0.1, 0.15) is 5.82 Å². The first-order valence-corrected chi connectivity index (χ1v) is 4.75. The Morgan fingerprint density at radius 3 is 2.57 bits per heavy atom. The highest BCUT2D eigenvalue weighted by atomic mass is 35.5. The molecule has 0 bridgehead atoms. The average Bonchev–Trinajstić information content (AvgIpc) is 2.11. The summed E-state index contributed by atoms with van der Waals surface area (Å²) in [6, 6.07) is 4.81. The van der Waals surface area contributed by atoms with Gasteiger partial charge in [-0.2, -0.15) is 0 Å². The smallest absolute Gasteiger partial charge is 0.142 e. The van der Waals surface area contributed by atoms with Crippen molar-refractivity contribution in [3.8, 4) is 0 Å². The maximum Gasteiger partial charge on any atom is 0.142 e. The van der Waals surface area contributed by atoms with Crippen LogP contribution in [-0.4, -0.2) is 25.5 Å². The molecule has 1 aromatic rings. The summed E-state index contributed by atoms with van der Waals surface area (Å²) in [4.78, 5) is 1.95.